The van der Waals surface area contributed by atoms with Crippen molar-refractivity contribution in [3.63, 3.8) is 0 Å². The summed E-state index contributed by atoms with van der Waals surface area (Å²) in [5.74, 6) is 0. The monoisotopic (exact) mass is 113 g/mol. The minimum Gasteiger partial charge on any atom is -0.291 e. The van der Waals surface area contributed by atoms with E-state index in [1.54, 1.807) is 0 Å². The summed E-state index contributed by atoms with van der Waals surface area (Å²) in [7, 11) is 0. The second-order valence-corrected chi connectivity index (χ2v) is 0.737. The van der Waals surface area contributed by atoms with Crippen LogP contribution in [-0.4, -0.2) is 13.3 Å². The minimum absolute atomic E-state index is 0. The fraction of sp³-hybridized carbons (Fsp3) is 1.00. The Morgan fingerprint density at radius 1 is 1.67 bits per heavy atom. The highest BCUT2D eigenvalue weighted by molar-refractivity contribution is 5.85. The van der Waals surface area contributed by atoms with E-state index in [1.165, 1.54) is 0 Å². The molecular weight excluding hydrogens is 104 g/mol. The highest BCUT2D eigenvalue weighted by Crippen LogP contribution is 1.52. The van der Waals surface area contributed by atoms with E-state index in [-0.39, 0.29) is 12.4 Å². The first-order chi connectivity index (χ1) is 2.41. The molecule has 0 unspecified atom stereocenters. The molecular formula is C3H9ClFN. The summed E-state index contributed by atoms with van der Waals surface area (Å²) >= 11 is 0. The lowest BCUT2D eigenvalue weighted by Gasteiger charge is -1.83. The van der Waals surface area contributed by atoms with Gasteiger partial charge in [0.2, 0.25) is 0 Å². The van der Waals surface area contributed by atoms with Crippen molar-refractivity contribution in [3.05, 3.63) is 0 Å². The van der Waals surface area contributed by atoms with Crippen LogP contribution >= 0.6 is 12.4 Å². The molecule has 1 N–H and O–H groups in total. The summed E-state index contributed by atoms with van der Waals surface area (Å²) in [6, 6.07) is 0. The molecule has 0 atom stereocenters. The summed E-state index contributed by atoms with van der Waals surface area (Å²) in [5.41, 5.74) is 0. The molecule has 0 aliphatic heterocycles. The largest absolute Gasteiger partial charge is 0.291 e. The number of alkyl halides is 1. The van der Waals surface area contributed by atoms with Gasteiger partial charge in [0, 0.05) is 0 Å². The van der Waals surface area contributed by atoms with Gasteiger partial charge in [0.25, 0.3) is 0 Å². The second-order valence-electron chi connectivity index (χ2n) is 0.737. The molecule has 3 heteroatoms. The van der Waals surface area contributed by atoms with Gasteiger partial charge in [0.05, 0.1) is 0 Å². The number of nitrogens with one attached hydrogen (secondary N) is 1. The van der Waals surface area contributed by atoms with Crippen LogP contribution in [0.2, 0.25) is 0 Å². The van der Waals surface area contributed by atoms with Gasteiger partial charge in [-0.2, -0.15) is 0 Å². The third-order valence-electron chi connectivity index (χ3n) is 0.344. The average Bonchev–Trinajstić information content (AvgIpc) is 1.41. The number of rotatable bonds is 2. The van der Waals surface area contributed by atoms with E-state index in [0.717, 1.165) is 6.54 Å². The van der Waals surface area contributed by atoms with Crippen LogP contribution in [0, 0.1) is 0 Å². The molecule has 0 aromatic heterocycles. The molecule has 0 bridgehead atoms. The van der Waals surface area contributed by atoms with Crippen LogP contribution in [0.5, 0.6) is 0 Å². The summed E-state index contributed by atoms with van der Waals surface area (Å²) in [4.78, 5) is 0. The van der Waals surface area contributed by atoms with E-state index in [0.29, 0.717) is 0 Å². The Balaban J connectivity index is 0. The van der Waals surface area contributed by atoms with E-state index in [4.69, 9.17) is 0 Å². The van der Waals surface area contributed by atoms with Gasteiger partial charge in [0.1, 0.15) is 6.80 Å². The van der Waals surface area contributed by atoms with Crippen molar-refractivity contribution in [1.82, 2.24) is 5.32 Å². The predicted octanol–water partition coefficient (Wildman–Crippen LogP) is 0.945. The van der Waals surface area contributed by atoms with Gasteiger partial charge in [-0.05, 0) is 6.54 Å². The average molecular weight is 114 g/mol. The molecule has 0 radical (unpaired) electrons. The second kappa shape index (κ2) is 8.95. The SMILES string of the molecule is CCNCF.Cl. The highest BCUT2D eigenvalue weighted by atomic mass is 35.5. The van der Waals surface area contributed by atoms with Crippen molar-refractivity contribution < 1.29 is 4.39 Å². The Morgan fingerprint density at radius 3 is 2.17 bits per heavy atom. The lowest BCUT2D eigenvalue weighted by Crippen LogP contribution is -2.08. The van der Waals surface area contributed by atoms with Crippen molar-refractivity contribution in [1.29, 1.82) is 0 Å². The van der Waals surface area contributed by atoms with Gasteiger partial charge in [-0.1, -0.05) is 6.92 Å². The van der Waals surface area contributed by atoms with Crippen LogP contribution in [0.15, 0.2) is 0 Å². The van der Waals surface area contributed by atoms with Crippen molar-refractivity contribution in [2.75, 3.05) is 13.3 Å². The topological polar surface area (TPSA) is 12.0 Å². The van der Waals surface area contributed by atoms with E-state index in [1.807, 2.05) is 6.92 Å². The fourth-order valence-electron chi connectivity index (χ4n) is 0.0945. The van der Waals surface area contributed by atoms with E-state index in [9.17, 15) is 4.39 Å². The third-order valence-corrected chi connectivity index (χ3v) is 0.344. The predicted molar refractivity (Wildman–Crippen MR) is 26.9 cm³/mol. The van der Waals surface area contributed by atoms with Crippen LogP contribution in [0.25, 0.3) is 0 Å². The lowest BCUT2D eigenvalue weighted by molar-refractivity contribution is 0.434. The van der Waals surface area contributed by atoms with Crippen molar-refractivity contribution in [3.8, 4) is 0 Å². The standard InChI is InChI=1S/C3H8FN.ClH/c1-2-5-3-4;/h5H,2-3H2,1H3;1H. The third kappa shape index (κ3) is 8.89. The quantitative estimate of drug-likeness (QED) is 0.526. The van der Waals surface area contributed by atoms with E-state index in [2.05, 4.69) is 5.32 Å². The Morgan fingerprint density at radius 2 is 2.17 bits per heavy atom. The molecule has 0 heterocycles. The van der Waals surface area contributed by atoms with Crippen LogP contribution in [-0.2, 0) is 0 Å². The Hall–Kier alpha value is 0.180. The van der Waals surface area contributed by atoms with Crippen LogP contribution in [0.4, 0.5) is 4.39 Å². The van der Waals surface area contributed by atoms with Gasteiger partial charge in [-0.25, -0.2) is 4.39 Å². The Bertz CT molecular complexity index is 18.3. The molecule has 1 nitrogen and oxygen atoms in total. The molecule has 0 spiro atoms. The summed E-state index contributed by atoms with van der Waals surface area (Å²) in [6.45, 7) is 2.17. The van der Waals surface area contributed by atoms with Crippen molar-refractivity contribution in [2.24, 2.45) is 0 Å². The molecule has 6 heavy (non-hydrogen) atoms. The number of hydrogen-bond donors (Lipinski definition) is 1. The zero-order valence-electron chi connectivity index (χ0n) is 3.70. The maximum atomic E-state index is 10.9. The van der Waals surface area contributed by atoms with Gasteiger partial charge >= 0.3 is 0 Å². The van der Waals surface area contributed by atoms with Gasteiger partial charge in [0.15, 0.2) is 0 Å². The summed E-state index contributed by atoms with van der Waals surface area (Å²) < 4.78 is 10.9. The summed E-state index contributed by atoms with van der Waals surface area (Å²) in [6.07, 6.45) is 0. The molecule has 40 valence electrons. The molecule has 0 aromatic carbocycles. The van der Waals surface area contributed by atoms with Crippen LogP contribution < -0.4 is 5.32 Å². The molecule has 0 fully saturated rings. The van der Waals surface area contributed by atoms with Crippen molar-refractivity contribution in [2.45, 2.75) is 6.92 Å². The smallest absolute Gasteiger partial charge is 0.140 e. The van der Waals surface area contributed by atoms with Gasteiger partial charge in [-0.3, -0.25) is 5.32 Å². The Kier molecular flexibility index (Phi) is 14.2. The molecule has 0 rings (SSSR count). The maximum absolute atomic E-state index is 10.9. The molecule has 0 saturated carbocycles. The first-order valence-corrected chi connectivity index (χ1v) is 1.68. The first-order valence-electron chi connectivity index (χ1n) is 1.68. The molecule has 0 saturated heterocycles. The van der Waals surface area contributed by atoms with Crippen LogP contribution in [0.3, 0.4) is 0 Å². The number of hydrogen-bond acceptors (Lipinski definition) is 1. The minimum atomic E-state index is -0.406. The molecule has 0 aliphatic carbocycles. The van der Waals surface area contributed by atoms with E-state index < -0.39 is 6.80 Å². The maximum Gasteiger partial charge on any atom is 0.140 e. The molecule has 0 aliphatic rings. The Labute approximate surface area is 43.3 Å². The lowest BCUT2D eigenvalue weighted by atomic mass is 10.8. The van der Waals surface area contributed by atoms with Gasteiger partial charge < -0.3 is 0 Å². The fourth-order valence-corrected chi connectivity index (χ4v) is 0.0945. The summed E-state index contributed by atoms with van der Waals surface area (Å²) in [5, 5.41) is 2.44. The number of halogens is 2. The van der Waals surface area contributed by atoms with E-state index >= 15 is 0 Å². The zero-order valence-corrected chi connectivity index (χ0v) is 4.52. The highest BCUT2D eigenvalue weighted by Gasteiger charge is 1.66. The molecule has 0 amide bonds. The zero-order chi connectivity index (χ0) is 4.12. The first kappa shape index (κ1) is 9.49. The van der Waals surface area contributed by atoms with Crippen LogP contribution in [0.1, 0.15) is 6.92 Å². The normalized spacial score (nSPS) is 7.00. The van der Waals surface area contributed by atoms with Gasteiger partial charge in [-0.15, -0.1) is 12.4 Å². The van der Waals surface area contributed by atoms with Crippen molar-refractivity contribution >= 4 is 12.4 Å². The molecule has 0 aromatic rings.